The summed E-state index contributed by atoms with van der Waals surface area (Å²) in [5, 5.41) is 2.87. The monoisotopic (exact) mass is 306 g/mol. The molecule has 0 radical (unpaired) electrons. The van der Waals surface area contributed by atoms with E-state index in [9.17, 15) is 4.79 Å². The topological polar surface area (TPSA) is 67.3 Å². The summed E-state index contributed by atoms with van der Waals surface area (Å²) in [5.74, 6) is 1.17. The van der Waals surface area contributed by atoms with Crippen LogP contribution in [0.15, 0.2) is 6.07 Å². The third-order valence-electron chi connectivity index (χ3n) is 3.83. The molecule has 1 unspecified atom stereocenters. The number of carbonyl (C=O) groups is 1. The number of anilines is 1. The standard InChI is InChI=1S/C16H26N4O2/c1-12-6-4-8-20(11-12)16-18-13(2)10-14(19-16)15(21)17-7-5-9-22-3/h10,12H,4-9,11H2,1-3H3,(H,17,21). The smallest absolute Gasteiger partial charge is 0.270 e. The first-order valence-electron chi connectivity index (χ1n) is 7.98. The largest absolute Gasteiger partial charge is 0.385 e. The first-order chi connectivity index (χ1) is 10.6. The summed E-state index contributed by atoms with van der Waals surface area (Å²) in [7, 11) is 1.65. The van der Waals surface area contributed by atoms with E-state index in [1.54, 1.807) is 13.2 Å². The minimum absolute atomic E-state index is 0.145. The second kappa shape index (κ2) is 8.08. The Balaban J connectivity index is 2.04. The summed E-state index contributed by atoms with van der Waals surface area (Å²) in [6, 6.07) is 1.74. The summed E-state index contributed by atoms with van der Waals surface area (Å²) < 4.78 is 4.97. The van der Waals surface area contributed by atoms with E-state index in [-0.39, 0.29) is 5.91 Å². The number of piperidine rings is 1. The molecule has 1 fully saturated rings. The summed E-state index contributed by atoms with van der Waals surface area (Å²) in [6.07, 6.45) is 3.19. The molecule has 1 aromatic rings. The van der Waals surface area contributed by atoms with Gasteiger partial charge in [-0.25, -0.2) is 9.97 Å². The van der Waals surface area contributed by atoms with Crippen molar-refractivity contribution in [3.8, 4) is 0 Å². The lowest BCUT2D eigenvalue weighted by atomic mass is 10.0. The van der Waals surface area contributed by atoms with Crippen LogP contribution in [0, 0.1) is 12.8 Å². The molecule has 122 valence electrons. The van der Waals surface area contributed by atoms with Gasteiger partial charge in [0, 0.05) is 39.0 Å². The number of nitrogens with one attached hydrogen (secondary N) is 1. The van der Waals surface area contributed by atoms with Crippen LogP contribution in [0.5, 0.6) is 0 Å². The fourth-order valence-electron chi connectivity index (χ4n) is 2.69. The average Bonchev–Trinajstić information content (AvgIpc) is 2.51. The summed E-state index contributed by atoms with van der Waals surface area (Å²) in [4.78, 5) is 23.3. The quantitative estimate of drug-likeness (QED) is 0.812. The molecule has 1 N–H and O–H groups in total. The van der Waals surface area contributed by atoms with Crippen molar-refractivity contribution in [2.75, 3.05) is 38.3 Å². The molecular weight excluding hydrogens is 280 g/mol. The number of rotatable bonds is 6. The van der Waals surface area contributed by atoms with Crippen LogP contribution < -0.4 is 10.2 Å². The highest BCUT2D eigenvalue weighted by Gasteiger charge is 2.20. The normalized spacial score (nSPS) is 18.3. The summed E-state index contributed by atoms with van der Waals surface area (Å²) in [6.45, 7) is 7.29. The SMILES string of the molecule is COCCCNC(=O)c1cc(C)nc(N2CCCC(C)C2)n1. The zero-order valence-corrected chi connectivity index (χ0v) is 13.8. The van der Waals surface area contributed by atoms with E-state index in [4.69, 9.17) is 4.74 Å². The van der Waals surface area contributed by atoms with Gasteiger partial charge >= 0.3 is 0 Å². The van der Waals surface area contributed by atoms with E-state index in [2.05, 4.69) is 27.1 Å². The predicted octanol–water partition coefficient (Wildman–Crippen LogP) is 1.79. The number of ether oxygens (including phenoxy) is 1. The number of hydrogen-bond donors (Lipinski definition) is 1. The number of aryl methyl sites for hydroxylation is 1. The van der Waals surface area contributed by atoms with Gasteiger partial charge in [-0.05, 0) is 38.2 Å². The van der Waals surface area contributed by atoms with Crippen molar-refractivity contribution in [1.29, 1.82) is 0 Å². The maximum atomic E-state index is 12.2. The molecule has 1 aliphatic rings. The van der Waals surface area contributed by atoms with Crippen LogP contribution in [-0.4, -0.2) is 49.2 Å². The van der Waals surface area contributed by atoms with Crippen molar-refractivity contribution >= 4 is 11.9 Å². The van der Waals surface area contributed by atoms with E-state index in [1.807, 2.05) is 6.92 Å². The number of aromatic nitrogens is 2. The van der Waals surface area contributed by atoms with E-state index in [0.717, 1.165) is 31.6 Å². The van der Waals surface area contributed by atoms with E-state index in [0.29, 0.717) is 30.7 Å². The molecule has 1 aliphatic heterocycles. The molecule has 0 saturated carbocycles. The van der Waals surface area contributed by atoms with Gasteiger partial charge in [-0.15, -0.1) is 0 Å². The highest BCUT2D eigenvalue weighted by atomic mass is 16.5. The number of nitrogens with zero attached hydrogens (tertiary/aromatic N) is 3. The molecule has 0 bridgehead atoms. The van der Waals surface area contributed by atoms with Crippen LogP contribution in [0.2, 0.25) is 0 Å². The van der Waals surface area contributed by atoms with Crippen molar-refractivity contribution in [3.05, 3.63) is 17.5 Å². The van der Waals surface area contributed by atoms with Crippen LogP contribution in [0.1, 0.15) is 42.4 Å². The van der Waals surface area contributed by atoms with Crippen LogP contribution in [0.4, 0.5) is 5.95 Å². The molecule has 6 nitrogen and oxygen atoms in total. The first-order valence-corrected chi connectivity index (χ1v) is 7.98. The Morgan fingerprint density at radius 3 is 3.05 bits per heavy atom. The fraction of sp³-hybridized carbons (Fsp3) is 0.688. The molecular formula is C16H26N4O2. The zero-order chi connectivity index (χ0) is 15.9. The number of carbonyl (C=O) groups excluding carboxylic acids is 1. The molecule has 1 amide bonds. The molecule has 22 heavy (non-hydrogen) atoms. The summed E-state index contributed by atoms with van der Waals surface area (Å²) >= 11 is 0. The maximum Gasteiger partial charge on any atom is 0.270 e. The van der Waals surface area contributed by atoms with Gasteiger partial charge in [0.25, 0.3) is 5.91 Å². The molecule has 2 rings (SSSR count). The Bertz CT molecular complexity index is 507. The number of methoxy groups -OCH3 is 1. The molecule has 0 aliphatic carbocycles. The van der Waals surface area contributed by atoms with Gasteiger partial charge in [-0.2, -0.15) is 0 Å². The van der Waals surface area contributed by atoms with Gasteiger partial charge in [0.15, 0.2) is 0 Å². The molecule has 1 atom stereocenters. The Morgan fingerprint density at radius 2 is 2.32 bits per heavy atom. The third-order valence-corrected chi connectivity index (χ3v) is 3.83. The number of hydrogen-bond acceptors (Lipinski definition) is 5. The second-order valence-electron chi connectivity index (χ2n) is 5.99. The second-order valence-corrected chi connectivity index (χ2v) is 5.99. The van der Waals surface area contributed by atoms with Crippen LogP contribution >= 0.6 is 0 Å². The minimum atomic E-state index is -0.145. The highest BCUT2D eigenvalue weighted by molar-refractivity contribution is 5.92. The highest BCUT2D eigenvalue weighted by Crippen LogP contribution is 2.20. The van der Waals surface area contributed by atoms with Gasteiger partial charge in [0.05, 0.1) is 0 Å². The van der Waals surface area contributed by atoms with Crippen LogP contribution in [-0.2, 0) is 4.74 Å². The maximum absolute atomic E-state index is 12.2. The molecule has 1 saturated heterocycles. The van der Waals surface area contributed by atoms with Gasteiger partial charge in [-0.3, -0.25) is 4.79 Å². The van der Waals surface area contributed by atoms with Crippen molar-refractivity contribution in [3.63, 3.8) is 0 Å². The Kier molecular flexibility index (Phi) is 6.12. The average molecular weight is 306 g/mol. The van der Waals surface area contributed by atoms with E-state index in [1.165, 1.54) is 6.42 Å². The number of amides is 1. The lowest BCUT2D eigenvalue weighted by Gasteiger charge is -2.31. The first kappa shape index (κ1) is 16.7. The third kappa shape index (κ3) is 4.66. The molecule has 1 aromatic heterocycles. The molecule has 0 spiro atoms. The van der Waals surface area contributed by atoms with Gasteiger partial charge in [-0.1, -0.05) is 6.92 Å². The zero-order valence-electron chi connectivity index (χ0n) is 13.8. The Morgan fingerprint density at radius 1 is 1.50 bits per heavy atom. The van der Waals surface area contributed by atoms with Crippen LogP contribution in [0.3, 0.4) is 0 Å². The summed E-state index contributed by atoms with van der Waals surface area (Å²) in [5.41, 5.74) is 1.27. The molecule has 0 aromatic carbocycles. The van der Waals surface area contributed by atoms with Gasteiger partial charge in [0.1, 0.15) is 5.69 Å². The van der Waals surface area contributed by atoms with Gasteiger partial charge < -0.3 is 15.0 Å². The van der Waals surface area contributed by atoms with Crippen molar-refractivity contribution in [1.82, 2.24) is 15.3 Å². The lowest BCUT2D eigenvalue weighted by Crippen LogP contribution is -2.36. The fourth-order valence-corrected chi connectivity index (χ4v) is 2.69. The van der Waals surface area contributed by atoms with Crippen molar-refractivity contribution in [2.45, 2.75) is 33.1 Å². The Labute approximate surface area is 132 Å². The predicted molar refractivity (Wildman–Crippen MR) is 86.2 cm³/mol. The van der Waals surface area contributed by atoms with Gasteiger partial charge in [0.2, 0.25) is 5.95 Å². The van der Waals surface area contributed by atoms with Crippen LogP contribution in [0.25, 0.3) is 0 Å². The van der Waals surface area contributed by atoms with E-state index < -0.39 is 0 Å². The Hall–Kier alpha value is -1.69. The minimum Gasteiger partial charge on any atom is -0.385 e. The molecule has 2 heterocycles. The molecule has 6 heteroatoms. The van der Waals surface area contributed by atoms with Crippen molar-refractivity contribution < 1.29 is 9.53 Å². The van der Waals surface area contributed by atoms with Crippen molar-refractivity contribution in [2.24, 2.45) is 5.92 Å². The van der Waals surface area contributed by atoms with E-state index >= 15 is 0 Å². The lowest BCUT2D eigenvalue weighted by molar-refractivity contribution is 0.0943.